The molecule has 0 bridgehead atoms. The molecule has 0 atom stereocenters. The van der Waals surface area contributed by atoms with E-state index in [1.54, 1.807) is 0 Å². The highest BCUT2D eigenvalue weighted by Gasteiger charge is 2.33. The molecule has 2 aromatic rings. The Balaban J connectivity index is 2.19. The van der Waals surface area contributed by atoms with Gasteiger partial charge in [-0.3, -0.25) is 14.6 Å². The van der Waals surface area contributed by atoms with E-state index in [0.29, 0.717) is 12.6 Å². The number of rotatable bonds is 5. The number of pyridine rings is 1. The Morgan fingerprint density at radius 3 is 2.48 bits per heavy atom. The highest BCUT2D eigenvalue weighted by atomic mass is 35.5. The molecule has 2 rings (SSSR count). The Bertz CT molecular complexity index is 854. The maximum absolute atomic E-state index is 12.7. The van der Waals surface area contributed by atoms with Gasteiger partial charge < -0.3 is 10.6 Å². The molecule has 0 saturated carbocycles. The van der Waals surface area contributed by atoms with Crippen molar-refractivity contribution >= 4 is 29.1 Å². The lowest BCUT2D eigenvalue weighted by Gasteiger charge is -2.12. The molecular weight excluding hydrogens is 383 g/mol. The molecule has 5 nitrogen and oxygen atoms in total. The van der Waals surface area contributed by atoms with Crippen molar-refractivity contribution in [2.24, 2.45) is 5.92 Å². The van der Waals surface area contributed by atoms with Gasteiger partial charge in [-0.25, -0.2) is 0 Å². The topological polar surface area (TPSA) is 71.1 Å². The SMILES string of the molecule is CC(C)CNC(=O)c1cc(NC(=O)c2ccnc(C(F)(F)F)c2)ccc1Cl. The predicted octanol–water partition coefficient (Wildman–Crippen LogP) is 4.39. The normalized spacial score (nSPS) is 11.4. The lowest BCUT2D eigenvalue weighted by atomic mass is 10.1. The number of nitrogens with zero attached hydrogens (tertiary/aromatic N) is 1. The number of carbonyl (C=O) groups is 2. The van der Waals surface area contributed by atoms with Crippen LogP contribution < -0.4 is 10.6 Å². The van der Waals surface area contributed by atoms with Gasteiger partial charge >= 0.3 is 6.18 Å². The van der Waals surface area contributed by atoms with Crippen LogP contribution in [-0.4, -0.2) is 23.3 Å². The van der Waals surface area contributed by atoms with Gasteiger partial charge in [0.15, 0.2) is 0 Å². The van der Waals surface area contributed by atoms with Crippen LogP contribution in [0.15, 0.2) is 36.5 Å². The van der Waals surface area contributed by atoms with Gasteiger partial charge in [-0.15, -0.1) is 0 Å². The van der Waals surface area contributed by atoms with E-state index in [1.807, 2.05) is 13.8 Å². The fourth-order valence-electron chi connectivity index (χ4n) is 2.10. The molecule has 0 radical (unpaired) electrons. The zero-order valence-corrected chi connectivity index (χ0v) is 15.3. The third-order valence-corrected chi connectivity index (χ3v) is 3.78. The number of alkyl halides is 3. The van der Waals surface area contributed by atoms with E-state index in [9.17, 15) is 22.8 Å². The van der Waals surface area contributed by atoms with Gasteiger partial charge in [0.1, 0.15) is 5.69 Å². The molecule has 1 aromatic carbocycles. The maximum Gasteiger partial charge on any atom is 0.433 e. The molecule has 0 saturated heterocycles. The van der Waals surface area contributed by atoms with Crippen LogP contribution in [0, 0.1) is 5.92 Å². The standard InChI is InChI=1S/C18H17ClF3N3O2/c1-10(2)9-24-17(27)13-8-12(3-4-14(13)19)25-16(26)11-5-6-23-15(7-11)18(20,21)22/h3-8,10H,9H2,1-2H3,(H,24,27)(H,25,26). The van der Waals surface area contributed by atoms with Crippen molar-refractivity contribution in [3.05, 3.63) is 58.4 Å². The second kappa shape index (κ2) is 8.39. The van der Waals surface area contributed by atoms with Crippen molar-refractivity contribution in [1.29, 1.82) is 0 Å². The van der Waals surface area contributed by atoms with Crippen LogP contribution in [0.25, 0.3) is 0 Å². The van der Waals surface area contributed by atoms with Crippen LogP contribution in [0.2, 0.25) is 5.02 Å². The number of halogens is 4. The van der Waals surface area contributed by atoms with Crippen LogP contribution in [-0.2, 0) is 6.18 Å². The monoisotopic (exact) mass is 399 g/mol. The summed E-state index contributed by atoms with van der Waals surface area (Å²) in [5.41, 5.74) is -0.997. The fraction of sp³-hybridized carbons (Fsp3) is 0.278. The molecule has 0 aliphatic heterocycles. The van der Waals surface area contributed by atoms with Crippen LogP contribution >= 0.6 is 11.6 Å². The summed E-state index contributed by atoms with van der Waals surface area (Å²) < 4.78 is 38.2. The summed E-state index contributed by atoms with van der Waals surface area (Å²) in [5.74, 6) is -0.933. The number of aromatic nitrogens is 1. The van der Waals surface area contributed by atoms with Crippen molar-refractivity contribution in [3.8, 4) is 0 Å². The maximum atomic E-state index is 12.7. The van der Waals surface area contributed by atoms with Crippen LogP contribution in [0.4, 0.5) is 18.9 Å². The van der Waals surface area contributed by atoms with Gasteiger partial charge in [-0.05, 0) is 36.2 Å². The first-order valence-corrected chi connectivity index (χ1v) is 8.38. The Kier molecular flexibility index (Phi) is 6.43. The smallest absolute Gasteiger partial charge is 0.352 e. The van der Waals surface area contributed by atoms with Gasteiger partial charge in [0.2, 0.25) is 0 Å². The molecule has 2 amide bonds. The number of nitrogens with one attached hydrogen (secondary N) is 2. The minimum atomic E-state index is -4.65. The van der Waals surface area contributed by atoms with Gasteiger partial charge in [0.25, 0.3) is 11.8 Å². The molecule has 144 valence electrons. The van der Waals surface area contributed by atoms with Crippen molar-refractivity contribution in [3.63, 3.8) is 0 Å². The van der Waals surface area contributed by atoms with Gasteiger partial charge in [0, 0.05) is 24.0 Å². The van der Waals surface area contributed by atoms with Crippen LogP contribution in [0.5, 0.6) is 0 Å². The van der Waals surface area contributed by atoms with E-state index < -0.39 is 23.7 Å². The second-order valence-electron chi connectivity index (χ2n) is 6.18. The molecule has 27 heavy (non-hydrogen) atoms. The van der Waals surface area contributed by atoms with E-state index in [4.69, 9.17) is 11.6 Å². The lowest BCUT2D eigenvalue weighted by molar-refractivity contribution is -0.141. The Morgan fingerprint density at radius 1 is 1.15 bits per heavy atom. The zero-order valence-electron chi connectivity index (χ0n) is 14.5. The van der Waals surface area contributed by atoms with Crippen molar-refractivity contribution < 1.29 is 22.8 Å². The highest BCUT2D eigenvalue weighted by molar-refractivity contribution is 6.34. The van der Waals surface area contributed by atoms with Gasteiger partial charge in [-0.1, -0.05) is 25.4 Å². The number of benzene rings is 1. The molecule has 0 unspecified atom stereocenters. The number of hydrogen-bond acceptors (Lipinski definition) is 3. The van der Waals surface area contributed by atoms with Gasteiger partial charge in [0.05, 0.1) is 10.6 Å². The van der Waals surface area contributed by atoms with E-state index in [2.05, 4.69) is 15.6 Å². The second-order valence-corrected chi connectivity index (χ2v) is 6.59. The first-order chi connectivity index (χ1) is 12.6. The van der Waals surface area contributed by atoms with E-state index >= 15 is 0 Å². The summed E-state index contributed by atoms with van der Waals surface area (Å²) in [6, 6.07) is 6.06. The number of amides is 2. The molecule has 1 heterocycles. The predicted molar refractivity (Wildman–Crippen MR) is 95.8 cm³/mol. The van der Waals surface area contributed by atoms with E-state index in [0.717, 1.165) is 12.3 Å². The van der Waals surface area contributed by atoms with E-state index in [1.165, 1.54) is 18.2 Å². The number of carbonyl (C=O) groups excluding carboxylic acids is 2. The fourth-order valence-corrected chi connectivity index (χ4v) is 2.30. The summed E-state index contributed by atoms with van der Waals surface area (Å²) in [4.78, 5) is 27.6. The first kappa shape index (κ1) is 20.7. The van der Waals surface area contributed by atoms with Gasteiger partial charge in [-0.2, -0.15) is 13.2 Å². The first-order valence-electron chi connectivity index (χ1n) is 8.00. The third kappa shape index (κ3) is 5.68. The van der Waals surface area contributed by atoms with Crippen molar-refractivity contribution in [2.45, 2.75) is 20.0 Å². The summed E-state index contributed by atoms with van der Waals surface area (Å²) >= 11 is 6.02. The minimum Gasteiger partial charge on any atom is -0.352 e. The summed E-state index contributed by atoms with van der Waals surface area (Å²) in [6.07, 6.45) is -3.75. The van der Waals surface area contributed by atoms with Crippen molar-refractivity contribution in [2.75, 3.05) is 11.9 Å². The molecule has 0 fully saturated rings. The summed E-state index contributed by atoms with van der Waals surface area (Å²) in [6.45, 7) is 4.31. The molecule has 9 heteroatoms. The number of hydrogen-bond donors (Lipinski definition) is 2. The van der Waals surface area contributed by atoms with E-state index in [-0.39, 0.29) is 27.8 Å². The van der Waals surface area contributed by atoms with Crippen LogP contribution in [0.3, 0.4) is 0 Å². The molecule has 1 aromatic heterocycles. The third-order valence-electron chi connectivity index (χ3n) is 3.45. The zero-order chi connectivity index (χ0) is 20.2. The average molecular weight is 400 g/mol. The number of anilines is 1. The minimum absolute atomic E-state index is 0.154. The highest BCUT2D eigenvalue weighted by Crippen LogP contribution is 2.28. The summed E-state index contributed by atoms with van der Waals surface area (Å²) in [5, 5.41) is 5.35. The molecule has 0 aliphatic rings. The lowest BCUT2D eigenvalue weighted by Crippen LogP contribution is -2.27. The molecule has 0 aliphatic carbocycles. The Labute approximate surface area is 158 Å². The molecule has 2 N–H and O–H groups in total. The molecular formula is C18H17ClF3N3O2. The van der Waals surface area contributed by atoms with Crippen molar-refractivity contribution in [1.82, 2.24) is 10.3 Å². The quantitative estimate of drug-likeness (QED) is 0.783. The Morgan fingerprint density at radius 2 is 1.85 bits per heavy atom. The largest absolute Gasteiger partial charge is 0.433 e. The summed E-state index contributed by atoms with van der Waals surface area (Å²) in [7, 11) is 0. The Hall–Kier alpha value is -2.61. The molecule has 0 spiro atoms. The van der Waals surface area contributed by atoms with Crippen LogP contribution in [0.1, 0.15) is 40.3 Å². The average Bonchev–Trinajstić information content (AvgIpc) is 2.60.